The highest BCUT2D eigenvalue weighted by molar-refractivity contribution is 7.99. The lowest BCUT2D eigenvalue weighted by atomic mass is 10.2. The number of benzene rings is 2. The van der Waals surface area contributed by atoms with Crippen molar-refractivity contribution in [3.05, 3.63) is 78.5 Å². The second-order valence-corrected chi connectivity index (χ2v) is 7.92. The molecule has 0 aliphatic heterocycles. The zero-order chi connectivity index (χ0) is 20.8. The number of nitrogens with zero attached hydrogens (tertiary/aromatic N) is 3. The van der Waals surface area contributed by atoms with E-state index in [4.69, 9.17) is 0 Å². The first-order valence-corrected chi connectivity index (χ1v) is 10.4. The van der Waals surface area contributed by atoms with Gasteiger partial charge in [-0.3, -0.25) is 4.79 Å². The van der Waals surface area contributed by atoms with Crippen LogP contribution in [0.2, 0.25) is 0 Å². The van der Waals surface area contributed by atoms with Gasteiger partial charge in [0.15, 0.2) is 0 Å². The van der Waals surface area contributed by atoms with E-state index in [-0.39, 0.29) is 11.5 Å². The molecule has 0 spiro atoms. The molecule has 1 amide bonds. The lowest BCUT2D eigenvalue weighted by molar-refractivity contribution is -0.112. The van der Waals surface area contributed by atoms with Gasteiger partial charge in [-0.25, -0.2) is 9.97 Å². The van der Waals surface area contributed by atoms with Crippen LogP contribution in [0.15, 0.2) is 88.4 Å². The third kappa shape index (κ3) is 5.46. The molecule has 0 unspecified atom stereocenters. The van der Waals surface area contributed by atoms with Crippen LogP contribution in [0.1, 0.15) is 12.8 Å². The van der Waals surface area contributed by atoms with Crippen molar-refractivity contribution in [2.24, 2.45) is 5.92 Å². The van der Waals surface area contributed by atoms with Gasteiger partial charge >= 0.3 is 0 Å². The van der Waals surface area contributed by atoms with Gasteiger partial charge in [-0.05, 0) is 55.2 Å². The number of allylic oxidation sites excluding steroid dienone is 1. The Morgan fingerprint density at radius 2 is 1.90 bits per heavy atom. The number of carbonyl (C=O) groups is 1. The number of nitriles is 1. The number of hydrogen-bond acceptors (Lipinski definition) is 6. The highest BCUT2D eigenvalue weighted by Gasteiger charge is 2.21. The minimum atomic E-state index is -0.390. The van der Waals surface area contributed by atoms with Gasteiger partial charge < -0.3 is 10.6 Å². The lowest BCUT2D eigenvalue weighted by Gasteiger charge is -2.09. The number of hydrogen-bond donors (Lipinski definition) is 2. The molecule has 0 radical (unpaired) electrons. The Labute approximate surface area is 179 Å². The Bertz CT molecular complexity index is 1120. The molecule has 0 bridgehead atoms. The molecule has 1 heterocycles. The Balaban J connectivity index is 1.44. The second kappa shape index (κ2) is 9.25. The van der Waals surface area contributed by atoms with Crippen LogP contribution < -0.4 is 10.6 Å². The minimum absolute atomic E-state index is 0.157. The molecular formula is C23H19N5OS. The van der Waals surface area contributed by atoms with Crippen LogP contribution in [0, 0.1) is 17.2 Å². The molecule has 148 valence electrons. The maximum absolute atomic E-state index is 12.3. The van der Waals surface area contributed by atoms with Gasteiger partial charge in [0.05, 0.1) is 0 Å². The first kappa shape index (κ1) is 19.7. The average molecular weight is 414 g/mol. The zero-order valence-corrected chi connectivity index (χ0v) is 16.9. The predicted octanol–water partition coefficient (Wildman–Crippen LogP) is 5.17. The Morgan fingerprint density at radius 3 is 2.67 bits per heavy atom. The number of nitrogens with one attached hydrogen (secondary N) is 2. The normalized spacial score (nSPS) is 13.4. The van der Waals surface area contributed by atoms with Gasteiger partial charge in [0.25, 0.3) is 5.91 Å². The number of anilines is 3. The van der Waals surface area contributed by atoms with Crippen molar-refractivity contribution >= 4 is 35.0 Å². The summed E-state index contributed by atoms with van der Waals surface area (Å²) in [5.41, 5.74) is 1.49. The third-order valence-corrected chi connectivity index (χ3v) is 5.31. The van der Waals surface area contributed by atoms with E-state index < -0.39 is 0 Å². The molecule has 1 aromatic heterocycles. The number of carbonyl (C=O) groups excluding carboxylic acids is 1. The van der Waals surface area contributed by atoms with Crippen LogP contribution >= 0.6 is 11.8 Å². The van der Waals surface area contributed by atoms with E-state index in [1.54, 1.807) is 36.2 Å². The topological polar surface area (TPSA) is 90.7 Å². The van der Waals surface area contributed by atoms with Crippen molar-refractivity contribution < 1.29 is 4.79 Å². The van der Waals surface area contributed by atoms with Gasteiger partial charge in [-0.2, -0.15) is 5.26 Å². The summed E-state index contributed by atoms with van der Waals surface area (Å²) in [5, 5.41) is 16.0. The molecule has 0 atom stereocenters. The predicted molar refractivity (Wildman–Crippen MR) is 117 cm³/mol. The average Bonchev–Trinajstić information content (AvgIpc) is 3.57. The van der Waals surface area contributed by atoms with Crippen molar-refractivity contribution in [3.63, 3.8) is 0 Å². The Hall–Kier alpha value is -3.63. The minimum Gasteiger partial charge on any atom is -0.324 e. The maximum Gasteiger partial charge on any atom is 0.265 e. The molecule has 1 fully saturated rings. The molecule has 1 saturated carbocycles. The SMILES string of the molecule is N#CC(=CC1CC1)C(=O)Nc1cccc(Nc2nccc(Sc3ccccc3)n2)c1. The number of amides is 1. The third-order valence-electron chi connectivity index (χ3n) is 4.36. The smallest absolute Gasteiger partial charge is 0.265 e. The zero-order valence-electron chi connectivity index (χ0n) is 16.1. The number of aromatic nitrogens is 2. The lowest BCUT2D eigenvalue weighted by Crippen LogP contribution is -2.13. The first-order chi connectivity index (χ1) is 14.7. The molecular weight excluding hydrogens is 394 g/mol. The van der Waals surface area contributed by atoms with Crippen molar-refractivity contribution in [3.8, 4) is 6.07 Å². The van der Waals surface area contributed by atoms with E-state index in [1.807, 2.05) is 54.6 Å². The fourth-order valence-electron chi connectivity index (χ4n) is 2.73. The molecule has 0 saturated heterocycles. The Kier molecular flexibility index (Phi) is 6.06. The highest BCUT2D eigenvalue weighted by atomic mass is 32.2. The summed E-state index contributed by atoms with van der Waals surface area (Å²) in [6, 6.07) is 21.1. The van der Waals surface area contributed by atoms with Crippen LogP contribution in [0.4, 0.5) is 17.3 Å². The molecule has 1 aliphatic rings. The summed E-state index contributed by atoms with van der Waals surface area (Å²) < 4.78 is 0. The van der Waals surface area contributed by atoms with E-state index in [9.17, 15) is 10.1 Å². The van der Waals surface area contributed by atoms with Gasteiger partial charge in [-0.1, -0.05) is 42.1 Å². The summed E-state index contributed by atoms with van der Waals surface area (Å²) in [4.78, 5) is 22.3. The summed E-state index contributed by atoms with van der Waals surface area (Å²) >= 11 is 1.55. The van der Waals surface area contributed by atoms with Gasteiger partial charge in [0.2, 0.25) is 5.95 Å². The van der Waals surface area contributed by atoms with E-state index in [0.29, 0.717) is 17.6 Å². The Morgan fingerprint density at radius 1 is 1.10 bits per heavy atom. The van der Waals surface area contributed by atoms with E-state index >= 15 is 0 Å². The quantitative estimate of drug-likeness (QED) is 0.315. The molecule has 3 aromatic rings. The van der Waals surface area contributed by atoms with Crippen molar-refractivity contribution in [1.82, 2.24) is 9.97 Å². The number of rotatable bonds is 7. The molecule has 2 aromatic carbocycles. The summed E-state index contributed by atoms with van der Waals surface area (Å²) in [6.07, 6.45) is 5.54. The van der Waals surface area contributed by atoms with Gasteiger partial charge in [-0.15, -0.1) is 0 Å². The largest absolute Gasteiger partial charge is 0.324 e. The summed E-state index contributed by atoms with van der Waals surface area (Å²) in [5.74, 6) is 0.432. The molecule has 30 heavy (non-hydrogen) atoms. The van der Waals surface area contributed by atoms with Crippen molar-refractivity contribution in [2.75, 3.05) is 10.6 Å². The summed E-state index contributed by atoms with van der Waals surface area (Å²) in [6.45, 7) is 0. The molecule has 4 rings (SSSR count). The van der Waals surface area contributed by atoms with Crippen LogP contribution in [-0.4, -0.2) is 15.9 Å². The van der Waals surface area contributed by atoms with E-state index in [0.717, 1.165) is 28.5 Å². The molecule has 7 heteroatoms. The summed E-state index contributed by atoms with van der Waals surface area (Å²) in [7, 11) is 0. The fourth-order valence-corrected chi connectivity index (χ4v) is 3.53. The molecule has 1 aliphatic carbocycles. The monoisotopic (exact) mass is 413 g/mol. The van der Waals surface area contributed by atoms with Crippen LogP contribution in [-0.2, 0) is 4.79 Å². The van der Waals surface area contributed by atoms with E-state index in [2.05, 4.69) is 20.6 Å². The molecule has 2 N–H and O–H groups in total. The van der Waals surface area contributed by atoms with E-state index in [1.165, 1.54) is 0 Å². The fraction of sp³-hybridized carbons (Fsp3) is 0.130. The highest BCUT2D eigenvalue weighted by Crippen LogP contribution is 2.31. The van der Waals surface area contributed by atoms with Crippen LogP contribution in [0.5, 0.6) is 0 Å². The van der Waals surface area contributed by atoms with Crippen LogP contribution in [0.25, 0.3) is 0 Å². The first-order valence-electron chi connectivity index (χ1n) is 9.56. The second-order valence-electron chi connectivity index (χ2n) is 6.82. The molecule has 6 nitrogen and oxygen atoms in total. The van der Waals surface area contributed by atoms with Gasteiger partial charge in [0, 0.05) is 22.5 Å². The van der Waals surface area contributed by atoms with Crippen molar-refractivity contribution in [2.45, 2.75) is 22.8 Å². The van der Waals surface area contributed by atoms with Crippen molar-refractivity contribution in [1.29, 1.82) is 5.26 Å². The van der Waals surface area contributed by atoms with Crippen LogP contribution in [0.3, 0.4) is 0 Å². The van der Waals surface area contributed by atoms with Gasteiger partial charge in [0.1, 0.15) is 16.7 Å². The maximum atomic E-state index is 12.3. The standard InChI is InChI=1S/C23H19N5OS/c24-15-17(13-16-9-10-16)22(29)26-18-5-4-6-19(14-18)27-23-25-12-11-21(28-23)30-20-7-2-1-3-8-20/h1-8,11-14,16H,9-10H2,(H,26,29)(H,25,27,28).